The molecular weight excluding hydrogens is 248 g/mol. The highest BCUT2D eigenvalue weighted by Crippen LogP contribution is 2.42. The van der Waals surface area contributed by atoms with Crippen molar-refractivity contribution in [3.8, 4) is 0 Å². The molecule has 1 saturated heterocycles. The van der Waals surface area contributed by atoms with E-state index >= 15 is 0 Å². The van der Waals surface area contributed by atoms with Gasteiger partial charge in [-0.05, 0) is 30.4 Å². The number of nitrogens with two attached hydrogens (primary N) is 1. The maximum atomic E-state index is 5.98. The summed E-state index contributed by atoms with van der Waals surface area (Å²) in [5.41, 5.74) is 9.15. The first-order valence-corrected chi connectivity index (χ1v) is 7.92. The van der Waals surface area contributed by atoms with Crippen molar-refractivity contribution in [2.24, 2.45) is 5.73 Å². The van der Waals surface area contributed by atoms with E-state index in [0.717, 1.165) is 45.8 Å². The van der Waals surface area contributed by atoms with Crippen molar-refractivity contribution in [1.29, 1.82) is 0 Å². The van der Waals surface area contributed by atoms with Gasteiger partial charge in [-0.1, -0.05) is 30.7 Å². The van der Waals surface area contributed by atoms with E-state index in [9.17, 15) is 0 Å². The standard InChI is InChI=1S/C17H26N2O/c18-14-17(7-1-8-17)16-4-2-15(3-5-16)6-9-19-10-12-20-13-11-19/h2-5H,1,6-14,18H2. The minimum absolute atomic E-state index is 0.294. The van der Waals surface area contributed by atoms with Crippen molar-refractivity contribution in [3.05, 3.63) is 35.4 Å². The van der Waals surface area contributed by atoms with Gasteiger partial charge in [0.1, 0.15) is 0 Å². The number of hydrogen-bond acceptors (Lipinski definition) is 3. The van der Waals surface area contributed by atoms with Gasteiger partial charge in [0.05, 0.1) is 13.2 Å². The summed E-state index contributed by atoms with van der Waals surface area (Å²) < 4.78 is 5.38. The van der Waals surface area contributed by atoms with Crippen LogP contribution in [0, 0.1) is 0 Å². The number of ether oxygens (including phenoxy) is 1. The second-order valence-electron chi connectivity index (χ2n) is 6.24. The number of nitrogens with zero attached hydrogens (tertiary/aromatic N) is 1. The molecule has 3 rings (SSSR count). The van der Waals surface area contributed by atoms with Gasteiger partial charge >= 0.3 is 0 Å². The molecule has 2 fully saturated rings. The van der Waals surface area contributed by atoms with Gasteiger partial charge < -0.3 is 10.5 Å². The maximum absolute atomic E-state index is 5.98. The highest BCUT2D eigenvalue weighted by atomic mass is 16.5. The number of morpholine rings is 1. The highest BCUT2D eigenvalue weighted by Gasteiger charge is 2.36. The summed E-state index contributed by atoms with van der Waals surface area (Å²) in [5, 5.41) is 0. The first kappa shape index (κ1) is 14.1. The largest absolute Gasteiger partial charge is 0.379 e. The van der Waals surface area contributed by atoms with Gasteiger partial charge in [-0.2, -0.15) is 0 Å². The first-order valence-electron chi connectivity index (χ1n) is 7.92. The van der Waals surface area contributed by atoms with Crippen molar-refractivity contribution < 1.29 is 4.74 Å². The molecule has 1 aliphatic carbocycles. The van der Waals surface area contributed by atoms with Gasteiger partial charge in [-0.3, -0.25) is 4.90 Å². The molecule has 0 amide bonds. The van der Waals surface area contributed by atoms with Crippen molar-refractivity contribution >= 4 is 0 Å². The molecular formula is C17H26N2O. The zero-order chi connectivity index (χ0) is 13.8. The molecule has 2 aliphatic rings. The molecule has 0 radical (unpaired) electrons. The van der Waals surface area contributed by atoms with Crippen LogP contribution in [0.25, 0.3) is 0 Å². The number of hydrogen-bond donors (Lipinski definition) is 1. The number of benzene rings is 1. The van der Waals surface area contributed by atoms with Gasteiger partial charge in [0, 0.05) is 31.6 Å². The second-order valence-corrected chi connectivity index (χ2v) is 6.24. The topological polar surface area (TPSA) is 38.5 Å². The summed E-state index contributed by atoms with van der Waals surface area (Å²) in [6, 6.07) is 9.21. The molecule has 2 N–H and O–H groups in total. The first-order chi connectivity index (χ1) is 9.82. The van der Waals surface area contributed by atoms with Gasteiger partial charge in [0.25, 0.3) is 0 Å². The Hall–Kier alpha value is -0.900. The smallest absolute Gasteiger partial charge is 0.0594 e. The lowest BCUT2D eigenvalue weighted by atomic mass is 9.64. The maximum Gasteiger partial charge on any atom is 0.0594 e. The lowest BCUT2D eigenvalue weighted by Gasteiger charge is -2.41. The van der Waals surface area contributed by atoms with Crippen molar-refractivity contribution in [3.63, 3.8) is 0 Å². The third-order valence-electron chi connectivity index (χ3n) is 5.09. The van der Waals surface area contributed by atoms with Crippen LogP contribution in [0.1, 0.15) is 30.4 Å². The van der Waals surface area contributed by atoms with E-state index in [2.05, 4.69) is 29.2 Å². The SMILES string of the molecule is NCC1(c2ccc(CCN3CCOCC3)cc2)CCC1. The van der Waals surface area contributed by atoms with Crippen LogP contribution >= 0.6 is 0 Å². The quantitative estimate of drug-likeness (QED) is 0.892. The van der Waals surface area contributed by atoms with Gasteiger partial charge in [0.15, 0.2) is 0 Å². The van der Waals surface area contributed by atoms with Crippen LogP contribution < -0.4 is 5.73 Å². The van der Waals surface area contributed by atoms with Crippen LogP contribution in [-0.4, -0.2) is 44.3 Å². The van der Waals surface area contributed by atoms with Crippen LogP contribution in [-0.2, 0) is 16.6 Å². The van der Waals surface area contributed by atoms with Crippen molar-refractivity contribution in [1.82, 2.24) is 4.90 Å². The van der Waals surface area contributed by atoms with E-state index in [-0.39, 0.29) is 0 Å². The summed E-state index contributed by atoms with van der Waals surface area (Å²) in [7, 11) is 0. The summed E-state index contributed by atoms with van der Waals surface area (Å²) in [6.45, 7) is 5.86. The molecule has 1 aromatic carbocycles. The molecule has 110 valence electrons. The van der Waals surface area contributed by atoms with Crippen LogP contribution in [0.4, 0.5) is 0 Å². The third kappa shape index (κ3) is 2.90. The van der Waals surface area contributed by atoms with Crippen molar-refractivity contribution in [2.45, 2.75) is 31.1 Å². The lowest BCUT2D eigenvalue weighted by Crippen LogP contribution is -2.41. The molecule has 3 heteroatoms. The van der Waals surface area contributed by atoms with Crippen LogP contribution in [0.2, 0.25) is 0 Å². The molecule has 1 aromatic rings. The zero-order valence-corrected chi connectivity index (χ0v) is 12.3. The highest BCUT2D eigenvalue weighted by molar-refractivity contribution is 5.31. The fourth-order valence-electron chi connectivity index (χ4n) is 3.35. The van der Waals surface area contributed by atoms with Gasteiger partial charge in [-0.15, -0.1) is 0 Å². The second kappa shape index (κ2) is 6.25. The van der Waals surface area contributed by atoms with E-state index < -0.39 is 0 Å². The Balaban J connectivity index is 1.56. The Labute approximate surface area is 122 Å². The molecule has 0 atom stereocenters. The molecule has 0 unspecified atom stereocenters. The lowest BCUT2D eigenvalue weighted by molar-refractivity contribution is 0.0384. The summed E-state index contributed by atoms with van der Waals surface area (Å²) in [6.07, 6.45) is 4.99. The summed E-state index contributed by atoms with van der Waals surface area (Å²) >= 11 is 0. The Morgan fingerprint density at radius 2 is 1.80 bits per heavy atom. The summed E-state index contributed by atoms with van der Waals surface area (Å²) in [4.78, 5) is 2.49. The fourth-order valence-corrected chi connectivity index (χ4v) is 3.35. The molecule has 20 heavy (non-hydrogen) atoms. The molecule has 0 aromatic heterocycles. The van der Waals surface area contributed by atoms with E-state index in [0.29, 0.717) is 5.41 Å². The average molecular weight is 274 g/mol. The molecule has 0 bridgehead atoms. The minimum atomic E-state index is 0.294. The van der Waals surface area contributed by atoms with Gasteiger partial charge in [0.2, 0.25) is 0 Å². The van der Waals surface area contributed by atoms with E-state index in [1.54, 1.807) is 0 Å². The van der Waals surface area contributed by atoms with E-state index in [1.165, 1.54) is 30.4 Å². The monoisotopic (exact) mass is 274 g/mol. The zero-order valence-electron chi connectivity index (χ0n) is 12.3. The van der Waals surface area contributed by atoms with Crippen LogP contribution in [0.15, 0.2) is 24.3 Å². The Bertz CT molecular complexity index is 414. The van der Waals surface area contributed by atoms with Crippen LogP contribution in [0.5, 0.6) is 0 Å². The number of rotatable bonds is 5. The average Bonchev–Trinajstić information content (AvgIpc) is 2.47. The Kier molecular flexibility index (Phi) is 4.39. The predicted molar refractivity (Wildman–Crippen MR) is 82.0 cm³/mol. The molecule has 1 heterocycles. The van der Waals surface area contributed by atoms with Crippen molar-refractivity contribution in [2.75, 3.05) is 39.4 Å². The molecule has 1 saturated carbocycles. The van der Waals surface area contributed by atoms with E-state index in [1.807, 2.05) is 0 Å². The Morgan fingerprint density at radius 1 is 1.10 bits per heavy atom. The van der Waals surface area contributed by atoms with E-state index in [4.69, 9.17) is 10.5 Å². The third-order valence-corrected chi connectivity index (χ3v) is 5.09. The van der Waals surface area contributed by atoms with Gasteiger partial charge in [-0.25, -0.2) is 0 Å². The molecule has 0 spiro atoms. The molecule has 1 aliphatic heterocycles. The normalized spacial score (nSPS) is 22.4. The predicted octanol–water partition coefficient (Wildman–Crippen LogP) is 1.94. The van der Waals surface area contributed by atoms with Crippen LogP contribution in [0.3, 0.4) is 0 Å². The summed E-state index contributed by atoms with van der Waals surface area (Å²) in [5.74, 6) is 0. The molecule has 3 nitrogen and oxygen atoms in total. The fraction of sp³-hybridized carbons (Fsp3) is 0.647. The minimum Gasteiger partial charge on any atom is -0.379 e. The Morgan fingerprint density at radius 3 is 2.35 bits per heavy atom.